The number of anilines is 1. The highest BCUT2D eigenvalue weighted by Crippen LogP contribution is 2.43. The number of aromatic carboxylic acids is 1. The summed E-state index contributed by atoms with van der Waals surface area (Å²) in [6.45, 7) is 0. The van der Waals surface area contributed by atoms with E-state index in [0.29, 0.717) is 9.77 Å². The summed E-state index contributed by atoms with van der Waals surface area (Å²) in [5, 5.41) is 20.2. The van der Waals surface area contributed by atoms with Gasteiger partial charge in [-0.15, -0.1) is 11.3 Å². The average Bonchev–Trinajstić information content (AvgIpc) is 2.67. The van der Waals surface area contributed by atoms with Crippen LogP contribution in [0.25, 0.3) is 11.1 Å². The lowest BCUT2D eigenvalue weighted by molar-refractivity contribution is 0.0699. The average molecular weight is 276 g/mol. The molecule has 18 heavy (non-hydrogen) atoms. The molecule has 2 aromatic rings. The van der Waals surface area contributed by atoms with E-state index in [9.17, 15) is 9.90 Å². The summed E-state index contributed by atoms with van der Waals surface area (Å²) in [7, 11) is 0. The standard InChI is InChI=1S/C12H8N2O2S2/c13-6-17-12-8(7-4-2-1-3-5-7)9(11(15)16)10(14)18-12/h1-5H,14H2,(H,15,16). The Morgan fingerprint density at radius 2 is 2.06 bits per heavy atom. The van der Waals surface area contributed by atoms with Crippen LogP contribution in [0.15, 0.2) is 34.5 Å². The fourth-order valence-corrected chi connectivity index (χ4v) is 3.39. The molecule has 1 aromatic heterocycles. The van der Waals surface area contributed by atoms with Crippen molar-refractivity contribution in [2.45, 2.75) is 4.21 Å². The molecule has 0 aliphatic rings. The zero-order chi connectivity index (χ0) is 13.1. The zero-order valence-electron chi connectivity index (χ0n) is 9.08. The molecular weight excluding hydrogens is 268 g/mol. The normalized spacial score (nSPS) is 9.94. The predicted molar refractivity (Wildman–Crippen MR) is 72.6 cm³/mol. The second-order valence-electron chi connectivity index (χ2n) is 3.37. The molecule has 0 saturated heterocycles. The summed E-state index contributed by atoms with van der Waals surface area (Å²) in [5.74, 6) is -1.08. The molecule has 0 aliphatic heterocycles. The van der Waals surface area contributed by atoms with Gasteiger partial charge in [-0.05, 0) is 5.56 Å². The predicted octanol–water partition coefficient (Wildman–Crippen LogP) is 3.27. The van der Waals surface area contributed by atoms with E-state index in [4.69, 9.17) is 11.0 Å². The van der Waals surface area contributed by atoms with Gasteiger partial charge in [0, 0.05) is 17.3 Å². The Labute approximate surface area is 112 Å². The third-order valence-electron chi connectivity index (χ3n) is 2.32. The summed E-state index contributed by atoms with van der Waals surface area (Å²) >= 11 is 2.06. The molecule has 3 N–H and O–H groups in total. The highest BCUT2D eigenvalue weighted by molar-refractivity contribution is 8.05. The van der Waals surface area contributed by atoms with E-state index in [1.165, 1.54) is 0 Å². The minimum atomic E-state index is -1.08. The molecule has 90 valence electrons. The van der Waals surface area contributed by atoms with Crippen molar-refractivity contribution in [1.82, 2.24) is 0 Å². The molecule has 0 saturated carbocycles. The number of rotatable bonds is 3. The third kappa shape index (κ3) is 2.18. The van der Waals surface area contributed by atoms with E-state index < -0.39 is 5.97 Å². The van der Waals surface area contributed by atoms with Gasteiger partial charge in [0.15, 0.2) is 0 Å². The van der Waals surface area contributed by atoms with Crippen molar-refractivity contribution in [2.75, 3.05) is 5.73 Å². The van der Waals surface area contributed by atoms with E-state index in [0.717, 1.165) is 28.7 Å². The van der Waals surface area contributed by atoms with Gasteiger partial charge in [-0.25, -0.2) is 4.79 Å². The molecule has 0 fully saturated rings. The Kier molecular flexibility index (Phi) is 3.55. The number of carboxylic acid groups (broad SMARTS) is 1. The van der Waals surface area contributed by atoms with Crippen molar-refractivity contribution < 1.29 is 9.90 Å². The maximum absolute atomic E-state index is 11.3. The van der Waals surface area contributed by atoms with Crippen LogP contribution in [0.2, 0.25) is 0 Å². The summed E-state index contributed by atoms with van der Waals surface area (Å²) in [4.78, 5) is 11.3. The Morgan fingerprint density at radius 3 is 2.61 bits per heavy atom. The molecule has 0 aliphatic carbocycles. The summed E-state index contributed by atoms with van der Waals surface area (Å²) < 4.78 is 0.610. The van der Waals surface area contributed by atoms with Crippen molar-refractivity contribution in [3.8, 4) is 16.5 Å². The van der Waals surface area contributed by atoms with Gasteiger partial charge < -0.3 is 10.8 Å². The number of thioether (sulfide) groups is 1. The maximum Gasteiger partial charge on any atom is 0.339 e. The van der Waals surface area contributed by atoms with Crippen LogP contribution in [-0.2, 0) is 0 Å². The Balaban J connectivity index is 2.70. The van der Waals surface area contributed by atoms with Crippen LogP contribution in [-0.4, -0.2) is 11.1 Å². The van der Waals surface area contributed by atoms with Crippen molar-refractivity contribution in [1.29, 1.82) is 5.26 Å². The first-order valence-electron chi connectivity index (χ1n) is 4.92. The number of carbonyl (C=O) groups is 1. The number of thiophene rings is 1. The number of carboxylic acids is 1. The molecule has 2 rings (SSSR count). The maximum atomic E-state index is 11.3. The van der Waals surface area contributed by atoms with Crippen LogP contribution in [0, 0.1) is 10.7 Å². The van der Waals surface area contributed by atoms with Gasteiger partial charge in [-0.2, -0.15) is 5.26 Å². The second kappa shape index (κ2) is 5.12. The molecule has 0 spiro atoms. The van der Waals surface area contributed by atoms with E-state index in [1.54, 1.807) is 12.1 Å². The van der Waals surface area contributed by atoms with Crippen molar-refractivity contribution in [3.63, 3.8) is 0 Å². The number of nitriles is 1. The lowest BCUT2D eigenvalue weighted by atomic mass is 10.0. The lowest BCUT2D eigenvalue weighted by Crippen LogP contribution is -2.00. The monoisotopic (exact) mass is 276 g/mol. The van der Waals surface area contributed by atoms with E-state index in [-0.39, 0.29) is 10.6 Å². The highest BCUT2D eigenvalue weighted by atomic mass is 32.2. The van der Waals surface area contributed by atoms with Crippen LogP contribution in [0.5, 0.6) is 0 Å². The van der Waals surface area contributed by atoms with Crippen molar-refractivity contribution in [3.05, 3.63) is 35.9 Å². The first kappa shape index (κ1) is 12.5. The largest absolute Gasteiger partial charge is 0.478 e. The van der Waals surface area contributed by atoms with Crippen molar-refractivity contribution in [2.24, 2.45) is 0 Å². The van der Waals surface area contributed by atoms with Gasteiger partial charge in [0.2, 0.25) is 0 Å². The van der Waals surface area contributed by atoms with Crippen LogP contribution in [0.1, 0.15) is 10.4 Å². The number of nitrogens with two attached hydrogens (primary N) is 1. The smallest absolute Gasteiger partial charge is 0.339 e. The van der Waals surface area contributed by atoms with Crippen LogP contribution < -0.4 is 5.73 Å². The van der Waals surface area contributed by atoms with Crippen LogP contribution in [0.3, 0.4) is 0 Å². The van der Waals surface area contributed by atoms with Gasteiger partial charge in [0.25, 0.3) is 0 Å². The van der Waals surface area contributed by atoms with Crippen LogP contribution in [0.4, 0.5) is 5.00 Å². The molecule has 1 aromatic carbocycles. The summed E-state index contributed by atoms with van der Waals surface area (Å²) in [6, 6.07) is 9.08. The molecular formula is C12H8N2O2S2. The first-order chi connectivity index (χ1) is 8.65. The molecule has 0 bridgehead atoms. The second-order valence-corrected chi connectivity index (χ2v) is 5.47. The molecule has 0 amide bonds. The first-order valence-corrected chi connectivity index (χ1v) is 6.55. The number of benzene rings is 1. The zero-order valence-corrected chi connectivity index (χ0v) is 10.7. The minimum absolute atomic E-state index is 0.0731. The Hall–Kier alpha value is -1.97. The van der Waals surface area contributed by atoms with Gasteiger partial charge in [-0.1, -0.05) is 30.3 Å². The van der Waals surface area contributed by atoms with E-state index in [1.807, 2.05) is 23.6 Å². The highest BCUT2D eigenvalue weighted by Gasteiger charge is 2.23. The van der Waals surface area contributed by atoms with E-state index in [2.05, 4.69) is 0 Å². The summed E-state index contributed by atoms with van der Waals surface area (Å²) in [6.07, 6.45) is 0. The molecule has 0 unspecified atom stereocenters. The topological polar surface area (TPSA) is 87.1 Å². The number of nitrogens with zero attached hydrogens (tertiary/aromatic N) is 1. The fourth-order valence-electron chi connectivity index (χ4n) is 1.62. The quantitative estimate of drug-likeness (QED) is 0.663. The Bertz CT molecular complexity index is 630. The number of hydrogen-bond donors (Lipinski definition) is 2. The number of thiocyanates is 1. The van der Waals surface area contributed by atoms with Gasteiger partial charge in [0.05, 0.1) is 4.21 Å². The molecule has 6 heteroatoms. The van der Waals surface area contributed by atoms with Gasteiger partial charge in [-0.3, -0.25) is 0 Å². The van der Waals surface area contributed by atoms with Crippen molar-refractivity contribution >= 4 is 34.1 Å². The van der Waals surface area contributed by atoms with E-state index >= 15 is 0 Å². The Morgan fingerprint density at radius 1 is 1.39 bits per heavy atom. The molecule has 0 radical (unpaired) electrons. The fraction of sp³-hybridized carbons (Fsp3) is 0. The lowest BCUT2D eigenvalue weighted by Gasteiger charge is -2.03. The molecule has 1 heterocycles. The third-order valence-corrected chi connectivity index (χ3v) is 4.11. The van der Waals surface area contributed by atoms with Gasteiger partial charge in [0.1, 0.15) is 16.0 Å². The minimum Gasteiger partial charge on any atom is -0.478 e. The molecule has 4 nitrogen and oxygen atoms in total. The number of hydrogen-bond acceptors (Lipinski definition) is 5. The SMILES string of the molecule is N#CSc1sc(N)c(C(=O)O)c1-c1ccccc1. The van der Waals surface area contributed by atoms with Crippen LogP contribution >= 0.6 is 23.1 Å². The number of nitrogen functional groups attached to an aromatic ring is 1. The van der Waals surface area contributed by atoms with Gasteiger partial charge >= 0.3 is 5.97 Å². The summed E-state index contributed by atoms with van der Waals surface area (Å²) in [5.41, 5.74) is 7.07. The molecule has 0 atom stereocenters.